The monoisotopic (exact) mass is 1080 g/mol. The van der Waals surface area contributed by atoms with Crippen molar-refractivity contribution in [2.45, 2.75) is 224 Å². The first-order valence-corrected chi connectivity index (χ1v) is 29.5. The van der Waals surface area contributed by atoms with Crippen LogP contribution in [-0.2, 0) is 46.3 Å². The fourth-order valence-electron chi connectivity index (χ4n) is 7.84. The van der Waals surface area contributed by atoms with E-state index in [2.05, 4.69) is 48.3 Å². The maximum Gasteiger partial charge on any atom is 0.481 e. The summed E-state index contributed by atoms with van der Waals surface area (Å²) < 4.78 is 56.6. The number of ether oxygens (including phenoxy) is 3. The number of allylic oxidation sites excluding steroid dienone is 5. The van der Waals surface area contributed by atoms with E-state index < -0.39 is 95.9 Å². The number of hydrogen-bond donors (Lipinski definition) is 7. The highest BCUT2D eigenvalue weighted by Gasteiger charge is 2.46. The van der Waals surface area contributed by atoms with Gasteiger partial charge in [0.25, 0.3) is 0 Å². The number of aliphatic hydroxyl groups is 4. The minimum atomic E-state index is -5.50. The Kier molecular flexibility index (Phi) is 34.8. The number of aliphatic hydroxyl groups excluding tert-OH is 4. The summed E-state index contributed by atoms with van der Waals surface area (Å²) in [7, 11) is -11.0. The maximum absolute atomic E-state index is 12.9. The highest BCUT2D eigenvalue weighted by molar-refractivity contribution is 7.61. The number of phosphoric acid groups is 2. The highest BCUT2D eigenvalue weighted by Crippen LogP contribution is 2.60. The van der Waals surface area contributed by atoms with E-state index in [-0.39, 0.29) is 37.9 Å². The van der Waals surface area contributed by atoms with Crippen LogP contribution in [0.2, 0.25) is 0 Å². The summed E-state index contributed by atoms with van der Waals surface area (Å²) in [5, 5.41) is 41.9. The van der Waals surface area contributed by atoms with Gasteiger partial charge in [-0.25, -0.2) is 13.9 Å². The van der Waals surface area contributed by atoms with Crippen molar-refractivity contribution in [3.8, 4) is 0 Å². The molecule has 420 valence electrons. The van der Waals surface area contributed by atoms with Crippen molar-refractivity contribution >= 4 is 33.4 Å². The standard InChI is InChI=1S/C51H89N3O17P2/c1-4-5-6-7-8-9-10-15-18-21-24-27-31-42(55)43(56)32-29-34-47(58)69-41(37-66-46(57)33-28-25-22-19-16-13-11-12-14-17-20-23-26-30-40(2)3)38-67-72(62,63)71-73(64,65)68-39-44-48(59)49(60)50(70-44)54-36-35-45(52)53-51(54)61/h8-9,15,18,24,27,35-36,40-44,48-50,55-56,59-60H,4-7,10-14,16-17,19-23,25-26,28-34,37-39H2,1-3H3,(H,62,63)(H,64,65)(H2,52,53,61)/b9-8-,18-15-,27-24-/t41-,42?,43?,44-,48-,49-,50-/m1/s1. The van der Waals surface area contributed by atoms with E-state index in [1.807, 2.05) is 12.2 Å². The number of nitrogens with zero attached hydrogens (tertiary/aromatic N) is 2. The zero-order chi connectivity index (χ0) is 53.9. The Balaban J connectivity index is 1.86. The lowest BCUT2D eigenvalue weighted by Gasteiger charge is -2.22. The highest BCUT2D eigenvalue weighted by atomic mass is 31.3. The van der Waals surface area contributed by atoms with Gasteiger partial charge >= 0.3 is 33.3 Å². The molecule has 0 spiro atoms. The van der Waals surface area contributed by atoms with Crippen molar-refractivity contribution in [3.05, 3.63) is 59.2 Å². The van der Waals surface area contributed by atoms with Crippen LogP contribution < -0.4 is 11.4 Å². The predicted octanol–water partition coefficient (Wildman–Crippen LogP) is 8.97. The van der Waals surface area contributed by atoms with Gasteiger partial charge in [-0.3, -0.25) is 23.2 Å². The molecule has 20 nitrogen and oxygen atoms in total. The average Bonchev–Trinajstić information content (AvgIpc) is 3.61. The molecular formula is C51H89N3O17P2. The average molecular weight is 1080 g/mol. The van der Waals surface area contributed by atoms with Gasteiger partial charge in [-0.2, -0.15) is 9.29 Å². The summed E-state index contributed by atoms with van der Waals surface area (Å²) >= 11 is 0. The molecule has 8 N–H and O–H groups in total. The van der Waals surface area contributed by atoms with Crippen LogP contribution in [0.4, 0.5) is 5.82 Å². The van der Waals surface area contributed by atoms with Crippen LogP contribution in [0.3, 0.4) is 0 Å². The largest absolute Gasteiger partial charge is 0.481 e. The number of anilines is 1. The molecule has 1 aromatic heterocycles. The minimum absolute atomic E-state index is 0.0364. The molecule has 1 aliphatic heterocycles. The molecule has 2 rings (SSSR count). The van der Waals surface area contributed by atoms with Gasteiger partial charge in [0, 0.05) is 19.0 Å². The van der Waals surface area contributed by atoms with Crippen molar-refractivity contribution < 1.29 is 76.5 Å². The molecule has 1 aliphatic rings. The summed E-state index contributed by atoms with van der Waals surface area (Å²) in [6.07, 6.45) is 25.3. The van der Waals surface area contributed by atoms with E-state index in [4.69, 9.17) is 29.0 Å². The van der Waals surface area contributed by atoms with Gasteiger partial charge < -0.3 is 50.2 Å². The molecule has 0 bridgehead atoms. The van der Waals surface area contributed by atoms with Gasteiger partial charge in [0.15, 0.2) is 12.3 Å². The number of unbranched alkanes of at least 4 members (excludes halogenated alkanes) is 15. The number of rotatable bonds is 43. The third kappa shape index (κ3) is 31.5. The number of nitrogen functional groups attached to an aromatic ring is 1. The molecule has 1 aromatic rings. The summed E-state index contributed by atoms with van der Waals surface area (Å²) in [5.74, 6) is -0.816. The first-order chi connectivity index (χ1) is 34.8. The number of phosphoric ester groups is 2. The van der Waals surface area contributed by atoms with Crippen molar-refractivity contribution in [1.82, 2.24) is 9.55 Å². The molecule has 1 saturated heterocycles. The van der Waals surface area contributed by atoms with E-state index in [0.29, 0.717) is 12.8 Å². The molecule has 1 fully saturated rings. The van der Waals surface area contributed by atoms with Gasteiger partial charge in [-0.15, -0.1) is 0 Å². The lowest BCUT2D eigenvalue weighted by molar-refractivity contribution is -0.161. The minimum Gasteiger partial charge on any atom is -0.462 e. The molecule has 0 aromatic carbocycles. The molecule has 0 aliphatic carbocycles. The Bertz CT molecular complexity index is 1920. The molecule has 73 heavy (non-hydrogen) atoms. The lowest BCUT2D eigenvalue weighted by Crippen LogP contribution is -2.36. The number of esters is 2. The SMILES string of the molecule is CCCCC/C=C\C/C=C\C/C=C\CC(O)C(O)CCCC(=O)O[C@H](COC(=O)CCCCCCCCCCCCCCCC(C)C)COP(=O)(O)OP(=O)(O)OC[C@H]1O[C@@H](n2ccc(N)nc2=O)[C@H](O)[C@@H]1O. The summed E-state index contributed by atoms with van der Waals surface area (Å²) in [5.41, 5.74) is 4.56. The van der Waals surface area contributed by atoms with Gasteiger partial charge in [0.2, 0.25) is 0 Å². The summed E-state index contributed by atoms with van der Waals surface area (Å²) in [6, 6.07) is 1.23. The Morgan fingerprint density at radius 3 is 1.93 bits per heavy atom. The van der Waals surface area contributed by atoms with Crippen molar-refractivity contribution in [2.24, 2.45) is 5.92 Å². The molecule has 0 saturated carbocycles. The molecular weight excluding hydrogens is 989 g/mol. The molecule has 4 unspecified atom stereocenters. The predicted molar refractivity (Wildman–Crippen MR) is 278 cm³/mol. The zero-order valence-corrected chi connectivity index (χ0v) is 45.4. The van der Waals surface area contributed by atoms with Gasteiger partial charge in [-0.1, -0.05) is 154 Å². The van der Waals surface area contributed by atoms with Gasteiger partial charge in [0.1, 0.15) is 30.7 Å². The second-order valence-electron chi connectivity index (χ2n) is 19.2. The van der Waals surface area contributed by atoms with Gasteiger partial charge in [-0.05, 0) is 63.4 Å². The fourth-order valence-corrected chi connectivity index (χ4v) is 9.95. The third-order valence-corrected chi connectivity index (χ3v) is 14.7. The van der Waals surface area contributed by atoms with Crippen molar-refractivity contribution in [2.75, 3.05) is 25.6 Å². The van der Waals surface area contributed by atoms with Crippen molar-refractivity contribution in [1.29, 1.82) is 0 Å². The first kappa shape index (κ1) is 66.0. The first-order valence-electron chi connectivity index (χ1n) is 26.5. The Hall–Kier alpha value is -3.10. The number of carbonyl (C=O) groups excluding carboxylic acids is 2. The number of aromatic nitrogens is 2. The van der Waals surface area contributed by atoms with E-state index in [1.54, 1.807) is 6.08 Å². The second kappa shape index (κ2) is 38.4. The normalized spacial score (nSPS) is 20.2. The number of carbonyl (C=O) groups is 2. The van der Waals surface area contributed by atoms with E-state index in [0.717, 1.165) is 55.2 Å². The van der Waals surface area contributed by atoms with Crippen LogP contribution >= 0.6 is 15.6 Å². The topological polar surface area (TPSA) is 306 Å². The van der Waals surface area contributed by atoms with E-state index >= 15 is 0 Å². The van der Waals surface area contributed by atoms with Crippen LogP contribution in [-0.4, -0.2) is 108 Å². The maximum atomic E-state index is 12.9. The van der Waals surface area contributed by atoms with Crippen LogP contribution in [0.15, 0.2) is 53.5 Å². The number of nitrogens with two attached hydrogens (primary N) is 1. The van der Waals surface area contributed by atoms with Crippen molar-refractivity contribution in [3.63, 3.8) is 0 Å². The Morgan fingerprint density at radius 2 is 1.32 bits per heavy atom. The smallest absolute Gasteiger partial charge is 0.462 e. The Morgan fingerprint density at radius 1 is 0.740 bits per heavy atom. The van der Waals surface area contributed by atoms with E-state index in [1.165, 1.54) is 83.1 Å². The molecule has 0 radical (unpaired) electrons. The number of hydrogen-bond acceptors (Lipinski definition) is 17. The van der Waals surface area contributed by atoms with Crippen LogP contribution in [0, 0.1) is 5.92 Å². The van der Waals surface area contributed by atoms with E-state index in [9.17, 15) is 53.7 Å². The van der Waals surface area contributed by atoms with Crippen LogP contribution in [0.5, 0.6) is 0 Å². The third-order valence-electron chi connectivity index (χ3n) is 12.1. The zero-order valence-electron chi connectivity index (χ0n) is 43.6. The second-order valence-corrected chi connectivity index (χ2v) is 22.2. The fraction of sp³-hybridized carbons (Fsp3) is 0.765. The summed E-state index contributed by atoms with van der Waals surface area (Å²) in [4.78, 5) is 62.0. The lowest BCUT2D eigenvalue weighted by atomic mass is 10.0. The Labute approximate surface area is 433 Å². The van der Waals surface area contributed by atoms with Crippen LogP contribution in [0.1, 0.15) is 188 Å². The van der Waals surface area contributed by atoms with Crippen LogP contribution in [0.25, 0.3) is 0 Å². The quantitative estimate of drug-likeness (QED) is 0.0139. The molecule has 2 heterocycles. The summed E-state index contributed by atoms with van der Waals surface area (Å²) in [6.45, 7) is 4.17. The molecule has 0 amide bonds. The molecule has 9 atom stereocenters. The van der Waals surface area contributed by atoms with Gasteiger partial charge in [0.05, 0.1) is 25.4 Å². The molecule has 22 heteroatoms.